The number of carbonyl (C=O) groups excluding carboxylic acids is 2. The molecular formula is C19H28N4O3. The molecule has 0 unspecified atom stereocenters. The average molecular weight is 360 g/mol. The lowest BCUT2D eigenvalue weighted by Crippen LogP contribution is -2.44. The van der Waals surface area contributed by atoms with Gasteiger partial charge in [0.15, 0.2) is 5.75 Å². The molecule has 0 spiro atoms. The Kier molecular flexibility index (Phi) is 5.78. The lowest BCUT2D eigenvalue weighted by molar-refractivity contribution is -0.120. The molecule has 7 nitrogen and oxygen atoms in total. The van der Waals surface area contributed by atoms with Crippen LogP contribution < -0.4 is 21.1 Å². The van der Waals surface area contributed by atoms with E-state index in [0.717, 1.165) is 25.9 Å². The van der Waals surface area contributed by atoms with Gasteiger partial charge in [0, 0.05) is 18.5 Å². The van der Waals surface area contributed by atoms with E-state index < -0.39 is 0 Å². The van der Waals surface area contributed by atoms with Crippen LogP contribution in [0, 0.1) is 5.92 Å². The van der Waals surface area contributed by atoms with Gasteiger partial charge in [-0.05, 0) is 51.9 Å². The number of anilines is 1. The SMILES string of the molecule is CC(C)N1C[C@H](CN)Oc2c(NC(=O)C3CCNCC3)cccc2C1=O. The van der Waals surface area contributed by atoms with E-state index in [-0.39, 0.29) is 29.9 Å². The van der Waals surface area contributed by atoms with Crippen LogP contribution in [0.1, 0.15) is 37.0 Å². The number of ether oxygens (including phenoxy) is 1. The maximum absolute atomic E-state index is 13.0. The highest BCUT2D eigenvalue weighted by atomic mass is 16.5. The monoisotopic (exact) mass is 360 g/mol. The number of rotatable bonds is 4. The Labute approximate surface area is 154 Å². The molecule has 0 radical (unpaired) electrons. The number of nitrogens with two attached hydrogens (primary N) is 1. The minimum Gasteiger partial charge on any atom is -0.484 e. The highest BCUT2D eigenvalue weighted by molar-refractivity contribution is 6.02. The fourth-order valence-electron chi connectivity index (χ4n) is 3.48. The van der Waals surface area contributed by atoms with Gasteiger partial charge in [0.05, 0.1) is 17.8 Å². The van der Waals surface area contributed by atoms with E-state index in [1.165, 1.54) is 0 Å². The van der Waals surface area contributed by atoms with Crippen molar-refractivity contribution in [1.82, 2.24) is 10.2 Å². The van der Waals surface area contributed by atoms with Gasteiger partial charge >= 0.3 is 0 Å². The van der Waals surface area contributed by atoms with Crippen molar-refractivity contribution in [2.24, 2.45) is 11.7 Å². The van der Waals surface area contributed by atoms with Crippen LogP contribution in [0.5, 0.6) is 5.75 Å². The van der Waals surface area contributed by atoms with Crippen LogP contribution in [0.2, 0.25) is 0 Å². The number of fused-ring (bicyclic) bond motifs is 1. The van der Waals surface area contributed by atoms with Gasteiger partial charge in [0.25, 0.3) is 5.91 Å². The molecule has 142 valence electrons. The summed E-state index contributed by atoms with van der Waals surface area (Å²) in [4.78, 5) is 27.4. The third kappa shape index (κ3) is 3.83. The summed E-state index contributed by atoms with van der Waals surface area (Å²) in [6.45, 7) is 6.37. The van der Waals surface area contributed by atoms with Crippen molar-refractivity contribution < 1.29 is 14.3 Å². The molecule has 2 aliphatic rings. The van der Waals surface area contributed by atoms with Gasteiger partial charge in [-0.1, -0.05) is 6.07 Å². The molecule has 2 aliphatic heterocycles. The Balaban J connectivity index is 1.89. The van der Waals surface area contributed by atoms with Crippen LogP contribution in [-0.2, 0) is 4.79 Å². The molecule has 2 amide bonds. The van der Waals surface area contributed by atoms with Crippen molar-refractivity contribution in [3.63, 3.8) is 0 Å². The van der Waals surface area contributed by atoms with Crippen LogP contribution in [0.15, 0.2) is 18.2 Å². The summed E-state index contributed by atoms with van der Waals surface area (Å²) < 4.78 is 6.06. The van der Waals surface area contributed by atoms with Crippen molar-refractivity contribution in [3.8, 4) is 5.75 Å². The highest BCUT2D eigenvalue weighted by Gasteiger charge is 2.32. The first-order chi connectivity index (χ1) is 12.5. The molecular weight excluding hydrogens is 332 g/mol. The van der Waals surface area contributed by atoms with Gasteiger partial charge in [0.1, 0.15) is 6.10 Å². The molecule has 3 rings (SSSR count). The zero-order chi connectivity index (χ0) is 18.7. The Hall–Kier alpha value is -2.12. The summed E-state index contributed by atoms with van der Waals surface area (Å²) in [6.07, 6.45) is 1.32. The molecule has 0 aliphatic carbocycles. The number of hydrogen-bond acceptors (Lipinski definition) is 5. The first kappa shape index (κ1) is 18.7. The quantitative estimate of drug-likeness (QED) is 0.750. The summed E-state index contributed by atoms with van der Waals surface area (Å²) in [5, 5.41) is 6.23. The Bertz CT molecular complexity index is 671. The molecule has 0 aromatic heterocycles. The lowest BCUT2D eigenvalue weighted by atomic mass is 9.97. The molecule has 4 N–H and O–H groups in total. The van der Waals surface area contributed by atoms with E-state index in [1.807, 2.05) is 13.8 Å². The number of nitrogens with one attached hydrogen (secondary N) is 2. The van der Waals surface area contributed by atoms with Gasteiger partial charge < -0.3 is 26.0 Å². The van der Waals surface area contributed by atoms with E-state index in [1.54, 1.807) is 23.1 Å². The van der Waals surface area contributed by atoms with Gasteiger partial charge in [-0.15, -0.1) is 0 Å². The molecule has 1 atom stereocenters. The molecule has 1 aromatic rings. The third-order valence-electron chi connectivity index (χ3n) is 5.05. The number of hydrogen-bond donors (Lipinski definition) is 3. The fourth-order valence-corrected chi connectivity index (χ4v) is 3.48. The molecule has 1 aromatic carbocycles. The fraction of sp³-hybridized carbons (Fsp3) is 0.579. The van der Waals surface area contributed by atoms with Crippen LogP contribution in [-0.4, -0.2) is 55.0 Å². The summed E-state index contributed by atoms with van der Waals surface area (Å²) in [6, 6.07) is 5.34. The van der Waals surface area contributed by atoms with E-state index in [4.69, 9.17) is 10.5 Å². The van der Waals surface area contributed by atoms with E-state index in [9.17, 15) is 9.59 Å². The van der Waals surface area contributed by atoms with Crippen LogP contribution in [0.3, 0.4) is 0 Å². The average Bonchev–Trinajstić information content (AvgIpc) is 2.80. The molecule has 2 heterocycles. The van der Waals surface area contributed by atoms with E-state index >= 15 is 0 Å². The van der Waals surface area contributed by atoms with Crippen LogP contribution in [0.25, 0.3) is 0 Å². The maximum atomic E-state index is 13.0. The normalized spacial score (nSPS) is 21.2. The van der Waals surface area contributed by atoms with Gasteiger partial charge in [-0.2, -0.15) is 0 Å². The second-order valence-electron chi connectivity index (χ2n) is 7.22. The molecule has 7 heteroatoms. The number of piperidine rings is 1. The highest BCUT2D eigenvalue weighted by Crippen LogP contribution is 2.34. The van der Waals surface area contributed by atoms with Crippen molar-refractivity contribution in [2.75, 3.05) is 31.5 Å². The summed E-state index contributed by atoms with van der Waals surface area (Å²) in [5.41, 5.74) is 6.86. The second kappa shape index (κ2) is 8.05. The van der Waals surface area contributed by atoms with Gasteiger partial charge in [0.2, 0.25) is 5.91 Å². The number of carbonyl (C=O) groups is 2. The zero-order valence-corrected chi connectivity index (χ0v) is 15.5. The number of benzene rings is 1. The topological polar surface area (TPSA) is 96.7 Å². The van der Waals surface area contributed by atoms with E-state index in [0.29, 0.717) is 30.1 Å². The summed E-state index contributed by atoms with van der Waals surface area (Å²) in [7, 11) is 0. The summed E-state index contributed by atoms with van der Waals surface area (Å²) in [5.74, 6) is 0.290. The first-order valence-electron chi connectivity index (χ1n) is 9.33. The molecule has 0 bridgehead atoms. The third-order valence-corrected chi connectivity index (χ3v) is 5.05. The summed E-state index contributed by atoms with van der Waals surface area (Å²) >= 11 is 0. The Morgan fingerprint density at radius 3 is 2.77 bits per heavy atom. The van der Waals surface area contributed by atoms with Crippen LogP contribution in [0.4, 0.5) is 5.69 Å². The predicted molar refractivity (Wildman–Crippen MR) is 100 cm³/mol. The minimum absolute atomic E-state index is 0.0222. The first-order valence-corrected chi connectivity index (χ1v) is 9.33. The van der Waals surface area contributed by atoms with Crippen molar-refractivity contribution in [1.29, 1.82) is 0 Å². The smallest absolute Gasteiger partial charge is 0.258 e. The predicted octanol–water partition coefficient (Wildman–Crippen LogP) is 1.20. The Morgan fingerprint density at radius 1 is 1.38 bits per heavy atom. The minimum atomic E-state index is -0.306. The number of amides is 2. The Morgan fingerprint density at radius 2 is 2.12 bits per heavy atom. The number of para-hydroxylation sites is 1. The van der Waals surface area contributed by atoms with Crippen molar-refractivity contribution >= 4 is 17.5 Å². The standard InChI is InChI=1S/C19H28N4O3/c1-12(2)23-11-14(10-20)26-17-15(19(23)25)4-3-5-16(17)22-18(24)13-6-8-21-9-7-13/h3-5,12-14,21H,6-11,20H2,1-2H3,(H,22,24)/t14-/m0/s1. The van der Waals surface area contributed by atoms with Crippen molar-refractivity contribution in [3.05, 3.63) is 23.8 Å². The number of nitrogens with zero attached hydrogens (tertiary/aromatic N) is 1. The molecule has 0 saturated carbocycles. The van der Waals surface area contributed by atoms with Crippen LogP contribution >= 0.6 is 0 Å². The zero-order valence-electron chi connectivity index (χ0n) is 15.5. The van der Waals surface area contributed by atoms with Crippen molar-refractivity contribution in [2.45, 2.75) is 38.8 Å². The maximum Gasteiger partial charge on any atom is 0.258 e. The van der Waals surface area contributed by atoms with Gasteiger partial charge in [-0.25, -0.2) is 0 Å². The molecule has 1 saturated heterocycles. The lowest BCUT2D eigenvalue weighted by Gasteiger charge is -2.27. The second-order valence-corrected chi connectivity index (χ2v) is 7.22. The van der Waals surface area contributed by atoms with Gasteiger partial charge in [-0.3, -0.25) is 9.59 Å². The largest absolute Gasteiger partial charge is 0.484 e. The molecule has 26 heavy (non-hydrogen) atoms. The van der Waals surface area contributed by atoms with E-state index in [2.05, 4.69) is 10.6 Å². The molecule has 1 fully saturated rings.